The van der Waals surface area contributed by atoms with Crippen LogP contribution in [0.1, 0.15) is 32.6 Å². The third-order valence-corrected chi connectivity index (χ3v) is 2.08. The van der Waals surface area contributed by atoms with E-state index in [9.17, 15) is 4.79 Å². The Bertz CT molecular complexity index is 172. The summed E-state index contributed by atoms with van der Waals surface area (Å²) >= 11 is 0. The highest BCUT2D eigenvalue weighted by atomic mass is 16.7. The van der Waals surface area contributed by atoms with Gasteiger partial charge in [0, 0.05) is 13.2 Å². The molecule has 0 aliphatic heterocycles. The lowest BCUT2D eigenvalue weighted by molar-refractivity contribution is 0.0411. The Morgan fingerprint density at radius 3 is 2.06 bits per heavy atom. The fourth-order valence-corrected chi connectivity index (χ4v) is 1.09. The lowest BCUT2D eigenvalue weighted by atomic mass is 10.3. The van der Waals surface area contributed by atoms with Crippen LogP contribution in [-0.4, -0.2) is 46.3 Å². The molecule has 0 amide bonds. The normalized spacial score (nSPS) is 10.2. The van der Waals surface area contributed by atoms with E-state index in [1.807, 2.05) is 0 Å². The number of carbonyl (C=O) groups excluding carboxylic acids is 1. The first-order valence-electron chi connectivity index (χ1n) is 6.17. The van der Waals surface area contributed by atoms with E-state index in [1.54, 1.807) is 0 Å². The molecule has 0 N–H and O–H groups in total. The number of hydrogen-bond donors (Lipinski definition) is 0. The van der Waals surface area contributed by atoms with E-state index in [0.717, 1.165) is 32.3 Å². The average molecular weight is 248 g/mol. The number of hydrogen-bond acceptors (Lipinski definition) is 5. The SMILES string of the molecule is CCCCOCCOCCCCOC(=O)OC. The highest BCUT2D eigenvalue weighted by Gasteiger charge is 1.98. The number of methoxy groups -OCH3 is 1. The van der Waals surface area contributed by atoms with Crippen LogP contribution in [0.4, 0.5) is 4.79 Å². The van der Waals surface area contributed by atoms with Crippen molar-refractivity contribution < 1.29 is 23.7 Å². The Kier molecular flexibility index (Phi) is 12.6. The standard InChI is InChI=1S/C12H24O5/c1-3-4-7-15-10-11-16-8-5-6-9-17-12(13)14-2/h3-11H2,1-2H3. The van der Waals surface area contributed by atoms with Crippen LogP contribution in [0.25, 0.3) is 0 Å². The van der Waals surface area contributed by atoms with Gasteiger partial charge in [-0.2, -0.15) is 0 Å². The van der Waals surface area contributed by atoms with Gasteiger partial charge in [0.1, 0.15) is 0 Å². The zero-order valence-electron chi connectivity index (χ0n) is 10.9. The summed E-state index contributed by atoms with van der Waals surface area (Å²) in [7, 11) is 1.30. The van der Waals surface area contributed by atoms with Crippen molar-refractivity contribution in [1.82, 2.24) is 0 Å². The molecule has 0 atom stereocenters. The van der Waals surface area contributed by atoms with Crippen molar-refractivity contribution in [3.05, 3.63) is 0 Å². The number of rotatable bonds is 11. The van der Waals surface area contributed by atoms with Gasteiger partial charge in [0.15, 0.2) is 0 Å². The minimum absolute atomic E-state index is 0.378. The fourth-order valence-electron chi connectivity index (χ4n) is 1.09. The molecule has 0 heterocycles. The van der Waals surface area contributed by atoms with Crippen LogP contribution in [0.3, 0.4) is 0 Å². The second kappa shape index (κ2) is 13.3. The van der Waals surface area contributed by atoms with Gasteiger partial charge in [-0.05, 0) is 19.3 Å². The van der Waals surface area contributed by atoms with Gasteiger partial charge < -0.3 is 18.9 Å². The molecule has 0 aromatic carbocycles. The third-order valence-electron chi connectivity index (χ3n) is 2.08. The van der Waals surface area contributed by atoms with Crippen molar-refractivity contribution in [3.63, 3.8) is 0 Å². The molecule has 0 unspecified atom stereocenters. The molecule has 0 aliphatic carbocycles. The highest BCUT2D eigenvalue weighted by Crippen LogP contribution is 1.93. The van der Waals surface area contributed by atoms with Gasteiger partial charge in [0.2, 0.25) is 0 Å². The van der Waals surface area contributed by atoms with Gasteiger partial charge in [0.05, 0.1) is 26.9 Å². The predicted molar refractivity (Wildman–Crippen MR) is 64.1 cm³/mol. The van der Waals surface area contributed by atoms with Gasteiger partial charge in [-0.3, -0.25) is 0 Å². The third kappa shape index (κ3) is 13.1. The molecule has 0 rings (SSSR count). The molecular formula is C12H24O5. The first kappa shape index (κ1) is 16.2. The van der Waals surface area contributed by atoms with Crippen LogP contribution >= 0.6 is 0 Å². The van der Waals surface area contributed by atoms with Crippen LogP contribution in [0.5, 0.6) is 0 Å². The molecule has 5 nitrogen and oxygen atoms in total. The summed E-state index contributed by atoms with van der Waals surface area (Å²) in [6.07, 6.45) is 3.28. The molecule has 0 bridgehead atoms. The van der Waals surface area contributed by atoms with E-state index >= 15 is 0 Å². The molecule has 5 heteroatoms. The second-order valence-corrected chi connectivity index (χ2v) is 3.59. The predicted octanol–water partition coefficient (Wildman–Crippen LogP) is 2.38. The van der Waals surface area contributed by atoms with E-state index in [2.05, 4.69) is 11.7 Å². The van der Waals surface area contributed by atoms with Gasteiger partial charge >= 0.3 is 6.16 Å². The van der Waals surface area contributed by atoms with E-state index in [-0.39, 0.29) is 0 Å². The van der Waals surface area contributed by atoms with Crippen LogP contribution in [-0.2, 0) is 18.9 Å². The molecule has 0 fully saturated rings. The van der Waals surface area contributed by atoms with Crippen molar-refractivity contribution in [2.75, 3.05) is 40.1 Å². The Morgan fingerprint density at radius 2 is 1.47 bits per heavy atom. The zero-order valence-corrected chi connectivity index (χ0v) is 10.9. The summed E-state index contributed by atoms with van der Waals surface area (Å²) in [5.74, 6) is 0. The lowest BCUT2D eigenvalue weighted by Gasteiger charge is -2.05. The van der Waals surface area contributed by atoms with Crippen molar-refractivity contribution in [2.24, 2.45) is 0 Å². The highest BCUT2D eigenvalue weighted by molar-refractivity contribution is 5.59. The fraction of sp³-hybridized carbons (Fsp3) is 0.917. The summed E-state index contributed by atoms with van der Waals surface area (Å²) in [4.78, 5) is 10.6. The Labute approximate surface area is 103 Å². The van der Waals surface area contributed by atoms with Crippen LogP contribution in [0, 0.1) is 0 Å². The molecule has 0 saturated carbocycles. The quantitative estimate of drug-likeness (QED) is 0.415. The molecule has 0 radical (unpaired) electrons. The summed E-state index contributed by atoms with van der Waals surface area (Å²) in [6.45, 7) is 5.27. The Hall–Kier alpha value is -0.810. The molecule has 0 aromatic rings. The largest absolute Gasteiger partial charge is 0.507 e. The Morgan fingerprint density at radius 1 is 0.882 bits per heavy atom. The maximum Gasteiger partial charge on any atom is 0.507 e. The van der Waals surface area contributed by atoms with E-state index < -0.39 is 6.16 Å². The number of unbranched alkanes of at least 4 members (excludes halogenated alkanes) is 2. The molecule has 17 heavy (non-hydrogen) atoms. The minimum Gasteiger partial charge on any atom is -0.438 e. The summed E-state index contributed by atoms with van der Waals surface area (Å²) < 4.78 is 19.7. The topological polar surface area (TPSA) is 54.0 Å². The first-order valence-corrected chi connectivity index (χ1v) is 6.17. The average Bonchev–Trinajstić information content (AvgIpc) is 2.35. The molecule has 0 aliphatic rings. The summed E-state index contributed by atoms with van der Waals surface area (Å²) in [6, 6.07) is 0. The van der Waals surface area contributed by atoms with Crippen molar-refractivity contribution in [1.29, 1.82) is 0 Å². The summed E-state index contributed by atoms with van der Waals surface area (Å²) in [5, 5.41) is 0. The first-order chi connectivity index (χ1) is 8.31. The maximum atomic E-state index is 10.6. The molecule has 0 aromatic heterocycles. The van der Waals surface area contributed by atoms with E-state index in [4.69, 9.17) is 14.2 Å². The second-order valence-electron chi connectivity index (χ2n) is 3.59. The number of ether oxygens (including phenoxy) is 4. The van der Waals surface area contributed by atoms with E-state index in [1.165, 1.54) is 7.11 Å². The molecule has 0 saturated heterocycles. The summed E-state index contributed by atoms with van der Waals surface area (Å²) in [5.41, 5.74) is 0. The number of carbonyl (C=O) groups is 1. The van der Waals surface area contributed by atoms with Gasteiger partial charge in [-0.25, -0.2) is 4.79 Å². The molecule has 102 valence electrons. The maximum absolute atomic E-state index is 10.6. The zero-order chi connectivity index (χ0) is 12.8. The molecule has 0 spiro atoms. The molecular weight excluding hydrogens is 224 g/mol. The van der Waals surface area contributed by atoms with Gasteiger partial charge in [0.25, 0.3) is 0 Å². The smallest absolute Gasteiger partial charge is 0.438 e. The van der Waals surface area contributed by atoms with Crippen LogP contribution < -0.4 is 0 Å². The van der Waals surface area contributed by atoms with Crippen molar-refractivity contribution in [3.8, 4) is 0 Å². The van der Waals surface area contributed by atoms with Crippen LogP contribution in [0.2, 0.25) is 0 Å². The minimum atomic E-state index is -0.629. The Balaban J connectivity index is 2.96. The van der Waals surface area contributed by atoms with Crippen molar-refractivity contribution >= 4 is 6.16 Å². The van der Waals surface area contributed by atoms with Crippen LogP contribution in [0.15, 0.2) is 0 Å². The van der Waals surface area contributed by atoms with Gasteiger partial charge in [-0.15, -0.1) is 0 Å². The van der Waals surface area contributed by atoms with Crippen molar-refractivity contribution in [2.45, 2.75) is 32.6 Å². The van der Waals surface area contributed by atoms with E-state index in [0.29, 0.717) is 26.4 Å². The lowest BCUT2D eigenvalue weighted by Crippen LogP contribution is -2.08. The monoisotopic (exact) mass is 248 g/mol. The van der Waals surface area contributed by atoms with Gasteiger partial charge in [-0.1, -0.05) is 13.3 Å².